The summed E-state index contributed by atoms with van der Waals surface area (Å²) in [6.45, 7) is -1.77. The maximum absolute atomic E-state index is 13.1. The fraction of sp³-hybridized carbons (Fsp3) is 0.321. The molecule has 1 fully saturated rings. The number of ether oxygens (including phenoxy) is 5. The molecule has 0 unspecified atom stereocenters. The highest BCUT2D eigenvalue weighted by Crippen LogP contribution is 2.29. The lowest BCUT2D eigenvalue weighted by Gasteiger charge is -2.24. The van der Waals surface area contributed by atoms with E-state index in [4.69, 9.17) is 29.2 Å². The van der Waals surface area contributed by atoms with Gasteiger partial charge in [0, 0.05) is 7.11 Å². The number of hydrogen-bond donors (Lipinski definition) is 0. The van der Waals surface area contributed by atoms with Crippen molar-refractivity contribution >= 4 is 5.97 Å². The summed E-state index contributed by atoms with van der Waals surface area (Å²) >= 11 is 0. The maximum atomic E-state index is 13.1. The van der Waals surface area contributed by atoms with E-state index < -0.39 is 37.1 Å². The minimum absolute atomic E-state index is 0.0818. The van der Waals surface area contributed by atoms with E-state index in [2.05, 4.69) is 0 Å². The van der Waals surface area contributed by atoms with Gasteiger partial charge in [0.1, 0.15) is 12.2 Å². The van der Waals surface area contributed by atoms with E-state index in [1.165, 1.54) is 12.1 Å². The fourth-order valence-electron chi connectivity index (χ4n) is 3.23. The number of benzene rings is 3. The third-order valence-electron chi connectivity index (χ3n) is 5.05. The first kappa shape index (κ1) is 18.3. The summed E-state index contributed by atoms with van der Waals surface area (Å²) in [6, 6.07) is 23.7. The molecule has 4 rings (SSSR count). The second kappa shape index (κ2) is 11.9. The van der Waals surface area contributed by atoms with Crippen LogP contribution in [0.15, 0.2) is 84.9 Å². The smallest absolute Gasteiger partial charge is 0.338 e. The van der Waals surface area contributed by atoms with E-state index in [0.717, 1.165) is 12.7 Å². The molecule has 0 saturated carbocycles. The molecule has 3 aromatic carbocycles. The van der Waals surface area contributed by atoms with Crippen LogP contribution in [-0.2, 0) is 36.9 Å². The van der Waals surface area contributed by atoms with Gasteiger partial charge in [-0.3, -0.25) is 0 Å². The average molecular weight is 468 g/mol. The lowest BCUT2D eigenvalue weighted by molar-refractivity contribution is -0.158. The van der Waals surface area contributed by atoms with Crippen molar-refractivity contribution < 1.29 is 35.3 Å². The monoisotopic (exact) mass is 467 g/mol. The molecule has 0 radical (unpaired) electrons. The highest BCUT2D eigenvalue weighted by Gasteiger charge is 2.48. The molecule has 0 aliphatic carbocycles. The number of carbonyl (C=O) groups excluding carboxylic acids is 1. The Morgan fingerprint density at radius 3 is 2.15 bits per heavy atom. The first-order valence-corrected chi connectivity index (χ1v) is 10.8. The van der Waals surface area contributed by atoms with Gasteiger partial charge in [-0.15, -0.1) is 0 Å². The number of aryl methyl sites for hydroxylation is 1. The van der Waals surface area contributed by atoms with E-state index in [0.29, 0.717) is 11.1 Å². The van der Waals surface area contributed by atoms with Crippen LogP contribution in [-0.4, -0.2) is 44.2 Å². The zero-order valence-corrected chi connectivity index (χ0v) is 19.0. The molecule has 1 saturated heterocycles. The normalized spacial score (nSPS) is 31.0. The maximum Gasteiger partial charge on any atom is 0.338 e. The van der Waals surface area contributed by atoms with Crippen LogP contribution in [0.4, 0.5) is 0 Å². The summed E-state index contributed by atoms with van der Waals surface area (Å²) in [5.74, 6) is -0.995. The van der Waals surface area contributed by atoms with Crippen molar-refractivity contribution in [1.29, 1.82) is 0 Å². The highest BCUT2D eigenvalue weighted by molar-refractivity contribution is 5.89. The molecule has 0 amide bonds. The molecule has 34 heavy (non-hydrogen) atoms. The Kier molecular flexibility index (Phi) is 6.41. The molecule has 6 heteroatoms. The lowest BCUT2D eigenvalue weighted by atomic mass is 10.1. The van der Waals surface area contributed by atoms with Gasteiger partial charge in [0.25, 0.3) is 0 Å². The average Bonchev–Trinajstić information content (AvgIpc) is 3.11. The fourth-order valence-corrected chi connectivity index (χ4v) is 3.23. The highest BCUT2D eigenvalue weighted by atomic mass is 16.7. The zero-order chi connectivity index (χ0) is 28.3. The molecule has 4 atom stereocenters. The van der Waals surface area contributed by atoms with Crippen molar-refractivity contribution in [1.82, 2.24) is 0 Å². The lowest BCUT2D eigenvalue weighted by Crippen LogP contribution is -2.40. The third kappa shape index (κ3) is 6.30. The minimum atomic E-state index is -3.04. The summed E-state index contributed by atoms with van der Waals surface area (Å²) in [7, 11) is 1.14. The van der Waals surface area contributed by atoms with E-state index in [1.54, 1.807) is 72.8 Å². The molecule has 1 aliphatic rings. The Hall–Kier alpha value is -3.03. The molecule has 0 aromatic heterocycles. The summed E-state index contributed by atoms with van der Waals surface area (Å²) in [5.41, 5.74) is 2.15. The summed E-state index contributed by atoms with van der Waals surface area (Å²) in [6.07, 6.45) is -10.7. The Morgan fingerprint density at radius 1 is 0.912 bits per heavy atom. The van der Waals surface area contributed by atoms with Gasteiger partial charge in [-0.2, -0.15) is 0 Å². The molecular weight excluding hydrogens is 432 g/mol. The van der Waals surface area contributed by atoms with Gasteiger partial charge < -0.3 is 23.7 Å². The van der Waals surface area contributed by atoms with Crippen molar-refractivity contribution in [3.05, 3.63) is 107 Å². The standard InChI is InChI=1S/C28H30O6/c1-20-13-15-23(16-14-20)27(29)34-26-25(32-18-22-11-7-4-8-12-22)24(33-28(26)30-2)19-31-17-21-9-5-3-6-10-21/h3-16,24-26,28H,17-19H2,1-2H3/t24-,25-,26+,28-/m1/s1/i19D2,24D,25D,26D. The largest absolute Gasteiger partial charge is 0.450 e. The molecule has 1 aliphatic heterocycles. The molecule has 0 bridgehead atoms. The topological polar surface area (TPSA) is 63.2 Å². The molecule has 178 valence electrons. The van der Waals surface area contributed by atoms with Gasteiger partial charge in [-0.05, 0) is 30.2 Å². The van der Waals surface area contributed by atoms with Crippen LogP contribution in [0.2, 0.25) is 0 Å². The van der Waals surface area contributed by atoms with Crippen molar-refractivity contribution in [3.8, 4) is 0 Å². The van der Waals surface area contributed by atoms with Crippen LogP contribution in [0.25, 0.3) is 0 Å². The number of carbonyl (C=O) groups is 1. The molecular formula is C28H30O6. The van der Waals surface area contributed by atoms with E-state index >= 15 is 0 Å². The number of rotatable bonds is 10. The van der Waals surface area contributed by atoms with Crippen LogP contribution in [0, 0.1) is 6.92 Å². The SMILES string of the molecule is [2H]C([2H])(OCc1ccccc1)[C@@]1([2H])O[C@@H](OC)[C@@]([2H])(OC(=O)c2ccc(C)cc2)[C@]1([2H])OCc1ccccc1. The second-order valence-corrected chi connectivity index (χ2v) is 7.61. The van der Waals surface area contributed by atoms with E-state index in [1.807, 2.05) is 6.92 Å². The van der Waals surface area contributed by atoms with Crippen LogP contribution >= 0.6 is 0 Å². The summed E-state index contributed by atoms with van der Waals surface area (Å²) < 4.78 is 72.6. The third-order valence-corrected chi connectivity index (χ3v) is 5.05. The predicted molar refractivity (Wildman–Crippen MR) is 127 cm³/mol. The van der Waals surface area contributed by atoms with E-state index in [-0.39, 0.29) is 18.8 Å². The van der Waals surface area contributed by atoms with Gasteiger partial charge in [-0.1, -0.05) is 78.4 Å². The Morgan fingerprint density at radius 2 is 1.53 bits per heavy atom. The van der Waals surface area contributed by atoms with Gasteiger partial charge in [-0.25, -0.2) is 4.79 Å². The Labute approximate surface area is 207 Å². The van der Waals surface area contributed by atoms with Crippen LogP contribution in [0.3, 0.4) is 0 Å². The van der Waals surface area contributed by atoms with Crippen molar-refractivity contribution in [2.45, 2.75) is 44.7 Å². The molecule has 3 aromatic rings. The number of hydrogen-bond acceptors (Lipinski definition) is 6. The quantitative estimate of drug-likeness (QED) is 0.403. The molecule has 6 nitrogen and oxygen atoms in total. The van der Waals surface area contributed by atoms with Crippen molar-refractivity contribution in [2.75, 3.05) is 13.7 Å². The van der Waals surface area contributed by atoms with Gasteiger partial charge >= 0.3 is 5.97 Å². The number of esters is 1. The van der Waals surface area contributed by atoms with Crippen molar-refractivity contribution in [2.24, 2.45) is 0 Å². The summed E-state index contributed by atoms with van der Waals surface area (Å²) in [4.78, 5) is 13.1. The molecule has 0 spiro atoms. The predicted octanol–water partition coefficient (Wildman–Crippen LogP) is 4.69. The summed E-state index contributed by atoms with van der Waals surface area (Å²) in [5, 5.41) is 0. The second-order valence-electron chi connectivity index (χ2n) is 7.61. The molecule has 1 heterocycles. The van der Waals surface area contributed by atoms with Crippen LogP contribution in [0.5, 0.6) is 0 Å². The number of methoxy groups -OCH3 is 1. The Balaban J connectivity index is 1.73. The van der Waals surface area contributed by atoms with Gasteiger partial charge in [0.2, 0.25) is 0 Å². The van der Waals surface area contributed by atoms with Crippen molar-refractivity contribution in [3.63, 3.8) is 0 Å². The van der Waals surface area contributed by atoms with Gasteiger partial charge in [0.15, 0.2) is 12.4 Å². The zero-order valence-electron chi connectivity index (χ0n) is 24.0. The van der Waals surface area contributed by atoms with Gasteiger partial charge in [0.05, 0.1) is 32.2 Å². The Bertz CT molecular complexity index is 1260. The first-order valence-electron chi connectivity index (χ1n) is 13.3. The van der Waals surface area contributed by atoms with Crippen LogP contribution in [0.1, 0.15) is 33.9 Å². The van der Waals surface area contributed by atoms with E-state index in [9.17, 15) is 6.17 Å². The van der Waals surface area contributed by atoms with Crippen LogP contribution < -0.4 is 0 Å². The minimum Gasteiger partial charge on any atom is -0.450 e. The molecule has 0 N–H and O–H groups in total. The first-order chi connectivity index (χ1) is 18.5.